The Kier molecular flexibility index (Phi) is 5.34. The van der Waals surface area contributed by atoms with Crippen LogP contribution in [0.3, 0.4) is 0 Å². The summed E-state index contributed by atoms with van der Waals surface area (Å²) in [6.07, 6.45) is 0.166. The number of esters is 1. The highest BCUT2D eigenvalue weighted by molar-refractivity contribution is 6.57. The molecule has 1 rings (SSSR count). The monoisotopic (exact) mass is 287 g/mol. The maximum atomic E-state index is 11.8. The van der Waals surface area contributed by atoms with Crippen molar-refractivity contribution >= 4 is 19.5 Å². The van der Waals surface area contributed by atoms with Gasteiger partial charge in [-0.1, -0.05) is 19.9 Å². The van der Waals surface area contributed by atoms with E-state index in [4.69, 9.17) is 18.3 Å². The van der Waals surface area contributed by atoms with Crippen LogP contribution < -0.4 is 10.5 Å². The lowest BCUT2D eigenvalue weighted by atomic mass is 9.74. The van der Waals surface area contributed by atoms with E-state index in [1.807, 2.05) is 33.8 Å². The molecule has 4 nitrogen and oxygen atoms in total. The van der Waals surface area contributed by atoms with Gasteiger partial charge in [-0.2, -0.15) is 0 Å². The molecule has 0 aliphatic carbocycles. The fourth-order valence-electron chi connectivity index (χ4n) is 2.60. The van der Waals surface area contributed by atoms with Crippen molar-refractivity contribution in [3.05, 3.63) is 28.8 Å². The zero-order chi connectivity index (χ0) is 16.4. The Bertz CT molecular complexity index is 565. The van der Waals surface area contributed by atoms with Crippen LogP contribution in [0.15, 0.2) is 12.1 Å². The maximum Gasteiger partial charge on any atom is 0.328 e. The summed E-state index contributed by atoms with van der Waals surface area (Å²) in [5.41, 5.74) is 7.35. The summed E-state index contributed by atoms with van der Waals surface area (Å²) in [5.74, 6) is -0.0582. The fourth-order valence-corrected chi connectivity index (χ4v) is 2.60. The molecule has 0 fully saturated rings. The second-order valence-corrected chi connectivity index (χ2v) is 6.19. The van der Waals surface area contributed by atoms with E-state index in [9.17, 15) is 9.59 Å². The fraction of sp³-hybridized carbons (Fsp3) is 0.500. The van der Waals surface area contributed by atoms with Gasteiger partial charge >= 0.3 is 5.97 Å². The van der Waals surface area contributed by atoms with E-state index >= 15 is 0 Å². The van der Waals surface area contributed by atoms with Gasteiger partial charge in [0.25, 0.3) is 0 Å². The Morgan fingerprint density at radius 3 is 2.38 bits per heavy atom. The average Bonchev–Trinajstić information content (AvgIpc) is 2.24. The normalized spacial score (nSPS) is 12.9. The molecule has 0 aliphatic heterocycles. The van der Waals surface area contributed by atoms with E-state index < -0.39 is 23.1 Å². The number of rotatable bonds is 5. The van der Waals surface area contributed by atoms with Gasteiger partial charge in [0.1, 0.15) is 11.8 Å². The van der Waals surface area contributed by atoms with E-state index in [1.165, 1.54) is 0 Å². The molecule has 0 amide bonds. The molecular formula is C16H22BNO3. The number of ether oxygens (including phenoxy) is 1. The molecule has 0 heterocycles. The SMILES string of the molecule is [B]C(=O)CC(C)(C)c1c(C)cc(C)cc1OC(=O)C(C)N. The third-order valence-electron chi connectivity index (χ3n) is 3.32. The summed E-state index contributed by atoms with van der Waals surface area (Å²) in [7, 11) is 5.33. The van der Waals surface area contributed by atoms with Crippen LogP contribution in [-0.4, -0.2) is 25.5 Å². The van der Waals surface area contributed by atoms with Crippen LogP contribution in [0.25, 0.3) is 0 Å². The summed E-state index contributed by atoms with van der Waals surface area (Å²) in [6, 6.07) is 3.06. The van der Waals surface area contributed by atoms with Gasteiger partial charge in [-0.25, -0.2) is 4.79 Å². The Balaban J connectivity index is 3.35. The van der Waals surface area contributed by atoms with Gasteiger partial charge in [-0.05, 0) is 43.4 Å². The Morgan fingerprint density at radius 1 is 1.33 bits per heavy atom. The Morgan fingerprint density at radius 2 is 1.90 bits per heavy atom. The number of hydrogen-bond donors (Lipinski definition) is 1. The molecule has 0 aromatic heterocycles. The van der Waals surface area contributed by atoms with E-state index in [2.05, 4.69) is 0 Å². The minimum atomic E-state index is -0.710. The molecule has 112 valence electrons. The van der Waals surface area contributed by atoms with Crippen LogP contribution in [0, 0.1) is 13.8 Å². The van der Waals surface area contributed by atoms with Gasteiger partial charge in [-0.3, -0.25) is 0 Å². The predicted octanol–water partition coefficient (Wildman–Crippen LogP) is 1.92. The third-order valence-corrected chi connectivity index (χ3v) is 3.32. The van der Waals surface area contributed by atoms with Gasteiger partial charge in [0.2, 0.25) is 0 Å². The van der Waals surface area contributed by atoms with Crippen molar-refractivity contribution in [1.82, 2.24) is 0 Å². The summed E-state index contributed by atoms with van der Waals surface area (Å²) >= 11 is 0. The molecule has 0 aliphatic rings. The van der Waals surface area contributed by atoms with Crippen molar-refractivity contribution in [2.45, 2.75) is 52.5 Å². The third kappa shape index (κ3) is 4.43. The number of benzene rings is 1. The first kappa shape index (κ1) is 17.4. The van der Waals surface area contributed by atoms with Crippen molar-refractivity contribution in [3.63, 3.8) is 0 Å². The first-order chi connectivity index (χ1) is 9.54. The summed E-state index contributed by atoms with van der Waals surface area (Å²) in [4.78, 5) is 23.1. The molecule has 1 unspecified atom stereocenters. The minimum Gasteiger partial charge on any atom is -0.425 e. The Hall–Kier alpha value is -1.62. The van der Waals surface area contributed by atoms with Gasteiger partial charge in [0.05, 0.1) is 5.68 Å². The van der Waals surface area contributed by atoms with E-state index in [-0.39, 0.29) is 6.42 Å². The maximum absolute atomic E-state index is 11.8. The van der Waals surface area contributed by atoms with Gasteiger partial charge in [0, 0.05) is 12.0 Å². The highest BCUT2D eigenvalue weighted by Crippen LogP contribution is 2.38. The molecule has 0 saturated heterocycles. The van der Waals surface area contributed by atoms with Crippen LogP contribution in [0.5, 0.6) is 5.75 Å². The quantitative estimate of drug-likeness (QED) is 0.510. The van der Waals surface area contributed by atoms with Crippen molar-refractivity contribution in [2.24, 2.45) is 5.73 Å². The van der Waals surface area contributed by atoms with Crippen LogP contribution in [0.1, 0.15) is 43.9 Å². The molecule has 2 N–H and O–H groups in total. The first-order valence-corrected chi connectivity index (χ1v) is 6.92. The van der Waals surface area contributed by atoms with Crippen LogP contribution >= 0.6 is 0 Å². The molecule has 1 atom stereocenters. The van der Waals surface area contributed by atoms with Crippen molar-refractivity contribution in [1.29, 1.82) is 0 Å². The topological polar surface area (TPSA) is 69.4 Å². The van der Waals surface area contributed by atoms with Gasteiger partial charge in [0.15, 0.2) is 7.85 Å². The number of aryl methyl sites for hydroxylation is 2. The molecule has 0 bridgehead atoms. The zero-order valence-corrected chi connectivity index (χ0v) is 13.3. The lowest BCUT2D eigenvalue weighted by molar-refractivity contribution is -0.135. The highest BCUT2D eigenvalue weighted by atomic mass is 16.5. The van der Waals surface area contributed by atoms with Crippen molar-refractivity contribution < 1.29 is 14.3 Å². The zero-order valence-electron chi connectivity index (χ0n) is 13.3. The summed E-state index contributed by atoms with van der Waals surface area (Å²) in [6.45, 7) is 9.21. The molecule has 1 aromatic rings. The molecule has 1 aromatic carbocycles. The van der Waals surface area contributed by atoms with Crippen molar-refractivity contribution in [3.8, 4) is 5.75 Å². The largest absolute Gasteiger partial charge is 0.425 e. The summed E-state index contributed by atoms with van der Waals surface area (Å²) in [5, 5.41) is 0. The number of nitrogens with two attached hydrogens (primary N) is 1. The smallest absolute Gasteiger partial charge is 0.328 e. The van der Waals surface area contributed by atoms with E-state index in [0.29, 0.717) is 5.75 Å². The van der Waals surface area contributed by atoms with Crippen molar-refractivity contribution in [2.75, 3.05) is 0 Å². The minimum absolute atomic E-state index is 0.166. The van der Waals surface area contributed by atoms with Gasteiger partial charge in [-0.15, -0.1) is 0 Å². The predicted molar refractivity (Wildman–Crippen MR) is 83.6 cm³/mol. The molecule has 21 heavy (non-hydrogen) atoms. The molecular weight excluding hydrogens is 265 g/mol. The van der Waals surface area contributed by atoms with Crippen LogP contribution in [0.4, 0.5) is 0 Å². The number of carbonyl (C=O) groups is 2. The first-order valence-electron chi connectivity index (χ1n) is 6.92. The van der Waals surface area contributed by atoms with Gasteiger partial charge < -0.3 is 15.3 Å². The van der Waals surface area contributed by atoms with Crippen LogP contribution in [-0.2, 0) is 15.0 Å². The Labute approximate surface area is 127 Å². The second kappa shape index (κ2) is 6.44. The number of carbonyl (C=O) groups excluding carboxylic acids is 2. The molecule has 2 radical (unpaired) electrons. The molecule has 0 spiro atoms. The lowest BCUT2D eigenvalue weighted by Crippen LogP contribution is -2.32. The average molecular weight is 287 g/mol. The number of hydrogen-bond acceptors (Lipinski definition) is 4. The highest BCUT2D eigenvalue weighted by Gasteiger charge is 2.29. The van der Waals surface area contributed by atoms with E-state index in [0.717, 1.165) is 16.7 Å². The molecule has 0 saturated carbocycles. The lowest BCUT2D eigenvalue weighted by Gasteiger charge is -2.29. The molecule has 5 heteroatoms. The van der Waals surface area contributed by atoms with Crippen LogP contribution in [0.2, 0.25) is 0 Å². The van der Waals surface area contributed by atoms with E-state index in [1.54, 1.807) is 13.0 Å². The second-order valence-electron chi connectivity index (χ2n) is 6.19. The summed E-state index contributed by atoms with van der Waals surface area (Å²) < 4.78 is 5.42. The standard InChI is InChI=1S/C16H22BNO3/c1-9-6-10(2)14(16(4,5)8-13(17)19)12(7-9)21-15(20)11(3)18/h6-7,11H,8,18H2,1-5H3.